The van der Waals surface area contributed by atoms with E-state index in [1.807, 2.05) is 33.3 Å². The number of fused-ring (bicyclic) bond motifs is 1. The monoisotopic (exact) mass is 378 g/mol. The Morgan fingerprint density at radius 3 is 2.79 bits per heavy atom. The SMILES string of the molecule is CN(C)C(CNC(=O)c1cc(-c2ccco2)on1)c1cn(C)c2ccccc12. The molecule has 3 heterocycles. The molecule has 3 aromatic heterocycles. The van der Waals surface area contributed by atoms with Crippen molar-refractivity contribution in [3.63, 3.8) is 0 Å². The molecule has 0 aliphatic heterocycles. The Bertz CT molecular complexity index is 1090. The Balaban J connectivity index is 1.52. The minimum Gasteiger partial charge on any atom is -0.461 e. The first-order chi connectivity index (χ1) is 13.5. The van der Waals surface area contributed by atoms with Gasteiger partial charge in [-0.25, -0.2) is 0 Å². The summed E-state index contributed by atoms with van der Waals surface area (Å²) in [6.45, 7) is 0.447. The highest BCUT2D eigenvalue weighted by molar-refractivity contribution is 5.93. The van der Waals surface area contributed by atoms with Gasteiger partial charge in [-0.1, -0.05) is 23.4 Å². The standard InChI is InChI=1S/C21H22N4O3/c1-24(2)18(15-13-25(3)17-8-5-4-7-14(15)17)12-22-21(26)16-11-20(28-23-16)19-9-6-10-27-19/h4-11,13,18H,12H2,1-3H3,(H,22,26). The molecule has 0 aliphatic carbocycles. The van der Waals surface area contributed by atoms with Crippen molar-refractivity contribution < 1.29 is 13.7 Å². The summed E-state index contributed by atoms with van der Waals surface area (Å²) in [6, 6.07) is 13.4. The smallest absolute Gasteiger partial charge is 0.273 e. The van der Waals surface area contributed by atoms with Crippen molar-refractivity contribution in [3.8, 4) is 11.5 Å². The van der Waals surface area contributed by atoms with Crippen molar-refractivity contribution in [2.75, 3.05) is 20.6 Å². The molecule has 1 unspecified atom stereocenters. The van der Waals surface area contributed by atoms with Gasteiger partial charge in [0.15, 0.2) is 11.5 Å². The summed E-state index contributed by atoms with van der Waals surface area (Å²) >= 11 is 0. The molecule has 1 N–H and O–H groups in total. The largest absolute Gasteiger partial charge is 0.461 e. The maximum atomic E-state index is 12.6. The molecule has 4 aromatic rings. The van der Waals surface area contributed by atoms with E-state index in [0.29, 0.717) is 18.1 Å². The first-order valence-corrected chi connectivity index (χ1v) is 9.04. The Kier molecular flexibility index (Phi) is 4.75. The third kappa shape index (κ3) is 3.32. The third-order valence-corrected chi connectivity index (χ3v) is 4.87. The number of nitrogens with zero attached hydrogens (tertiary/aromatic N) is 3. The molecule has 7 nitrogen and oxygen atoms in total. The second kappa shape index (κ2) is 7.36. The van der Waals surface area contributed by atoms with Crippen LogP contribution in [0.15, 0.2) is 63.9 Å². The predicted molar refractivity (Wildman–Crippen MR) is 106 cm³/mol. The number of likely N-dealkylation sites (N-methyl/N-ethyl adjacent to an activating group) is 1. The minimum absolute atomic E-state index is 0.0199. The summed E-state index contributed by atoms with van der Waals surface area (Å²) in [5.41, 5.74) is 2.55. The lowest BCUT2D eigenvalue weighted by atomic mass is 10.0. The van der Waals surface area contributed by atoms with Crippen LogP contribution in [-0.2, 0) is 7.05 Å². The van der Waals surface area contributed by atoms with Crippen LogP contribution in [0.4, 0.5) is 0 Å². The molecule has 0 aliphatic rings. The number of para-hydroxylation sites is 1. The summed E-state index contributed by atoms with van der Waals surface area (Å²) in [7, 11) is 6.04. The quantitative estimate of drug-likeness (QED) is 0.556. The molecule has 1 aromatic carbocycles. The maximum absolute atomic E-state index is 12.6. The van der Waals surface area contributed by atoms with E-state index in [4.69, 9.17) is 8.94 Å². The molecule has 0 radical (unpaired) electrons. The molecule has 28 heavy (non-hydrogen) atoms. The second-order valence-electron chi connectivity index (χ2n) is 6.96. The fourth-order valence-corrected chi connectivity index (χ4v) is 3.41. The number of aromatic nitrogens is 2. The number of benzene rings is 1. The zero-order valence-corrected chi connectivity index (χ0v) is 16.0. The Hall–Kier alpha value is -3.32. The summed E-state index contributed by atoms with van der Waals surface area (Å²) < 4.78 is 12.6. The van der Waals surface area contributed by atoms with E-state index >= 15 is 0 Å². The first-order valence-electron chi connectivity index (χ1n) is 9.04. The summed E-state index contributed by atoms with van der Waals surface area (Å²) in [6.07, 6.45) is 3.66. The zero-order valence-electron chi connectivity index (χ0n) is 16.0. The highest BCUT2D eigenvalue weighted by Gasteiger charge is 2.21. The van der Waals surface area contributed by atoms with Crippen LogP contribution < -0.4 is 5.32 Å². The van der Waals surface area contributed by atoms with Gasteiger partial charge in [0.2, 0.25) is 5.76 Å². The van der Waals surface area contributed by atoms with Gasteiger partial charge in [-0.05, 0) is 37.9 Å². The van der Waals surface area contributed by atoms with Gasteiger partial charge in [-0.3, -0.25) is 4.79 Å². The minimum atomic E-state index is -0.284. The van der Waals surface area contributed by atoms with Crippen molar-refractivity contribution in [2.24, 2.45) is 7.05 Å². The van der Waals surface area contributed by atoms with E-state index < -0.39 is 0 Å². The zero-order chi connectivity index (χ0) is 19.7. The van der Waals surface area contributed by atoms with Gasteiger partial charge >= 0.3 is 0 Å². The molecule has 0 saturated carbocycles. The molecule has 4 rings (SSSR count). The number of hydrogen-bond donors (Lipinski definition) is 1. The predicted octanol–water partition coefficient (Wildman–Crippen LogP) is 3.46. The molecule has 7 heteroatoms. The van der Waals surface area contributed by atoms with Gasteiger partial charge in [0, 0.05) is 36.8 Å². The number of carbonyl (C=O) groups excluding carboxylic acids is 1. The first kappa shape index (κ1) is 18.1. The van der Waals surface area contributed by atoms with Gasteiger partial charge in [-0.15, -0.1) is 0 Å². The Morgan fingerprint density at radius 1 is 1.21 bits per heavy atom. The van der Waals surface area contributed by atoms with Crippen LogP contribution in [0.25, 0.3) is 22.4 Å². The van der Waals surface area contributed by atoms with Crippen LogP contribution in [-0.4, -0.2) is 41.2 Å². The van der Waals surface area contributed by atoms with E-state index in [-0.39, 0.29) is 17.6 Å². The molecular formula is C21H22N4O3. The van der Waals surface area contributed by atoms with Crippen molar-refractivity contribution >= 4 is 16.8 Å². The molecule has 0 saturated heterocycles. The van der Waals surface area contributed by atoms with E-state index in [1.165, 1.54) is 10.9 Å². The molecular weight excluding hydrogens is 356 g/mol. The van der Waals surface area contributed by atoms with Gasteiger partial charge in [0.1, 0.15) is 0 Å². The molecule has 0 fully saturated rings. The van der Waals surface area contributed by atoms with Gasteiger partial charge in [0.05, 0.1) is 12.3 Å². The third-order valence-electron chi connectivity index (χ3n) is 4.87. The average molecular weight is 378 g/mol. The van der Waals surface area contributed by atoms with Crippen molar-refractivity contribution in [2.45, 2.75) is 6.04 Å². The molecule has 1 atom stereocenters. The van der Waals surface area contributed by atoms with Crippen LogP contribution >= 0.6 is 0 Å². The normalized spacial score (nSPS) is 12.6. The van der Waals surface area contributed by atoms with E-state index in [0.717, 1.165) is 5.52 Å². The molecule has 1 amide bonds. The lowest BCUT2D eigenvalue weighted by Gasteiger charge is -2.24. The number of nitrogens with one attached hydrogen (secondary N) is 1. The number of furan rings is 1. The lowest BCUT2D eigenvalue weighted by Crippen LogP contribution is -2.34. The lowest BCUT2D eigenvalue weighted by molar-refractivity contribution is 0.0933. The summed E-state index contributed by atoms with van der Waals surface area (Å²) in [5, 5.41) is 8.01. The van der Waals surface area contributed by atoms with Crippen LogP contribution in [0, 0.1) is 0 Å². The Labute approximate surface area is 162 Å². The van der Waals surface area contributed by atoms with Crippen LogP contribution in [0.2, 0.25) is 0 Å². The number of rotatable bonds is 6. The van der Waals surface area contributed by atoms with Crippen molar-refractivity contribution in [3.05, 3.63) is 66.2 Å². The van der Waals surface area contributed by atoms with Crippen LogP contribution in [0.5, 0.6) is 0 Å². The van der Waals surface area contributed by atoms with Gasteiger partial charge < -0.3 is 23.7 Å². The Morgan fingerprint density at radius 2 is 2.04 bits per heavy atom. The molecule has 0 bridgehead atoms. The second-order valence-corrected chi connectivity index (χ2v) is 6.96. The summed E-state index contributed by atoms with van der Waals surface area (Å²) in [4.78, 5) is 14.7. The summed E-state index contributed by atoms with van der Waals surface area (Å²) in [5.74, 6) is 0.676. The number of amides is 1. The van der Waals surface area contributed by atoms with Gasteiger partial charge in [0.25, 0.3) is 5.91 Å². The average Bonchev–Trinajstić information content (AvgIpc) is 3.42. The highest BCUT2D eigenvalue weighted by atomic mass is 16.5. The maximum Gasteiger partial charge on any atom is 0.273 e. The van der Waals surface area contributed by atoms with Crippen LogP contribution in [0.1, 0.15) is 22.1 Å². The van der Waals surface area contributed by atoms with E-state index in [1.54, 1.807) is 24.5 Å². The highest BCUT2D eigenvalue weighted by Crippen LogP contribution is 2.28. The fourth-order valence-electron chi connectivity index (χ4n) is 3.41. The molecule has 144 valence electrons. The number of carbonyl (C=O) groups is 1. The van der Waals surface area contributed by atoms with E-state index in [2.05, 4.69) is 38.3 Å². The van der Waals surface area contributed by atoms with Gasteiger partial charge in [-0.2, -0.15) is 0 Å². The van der Waals surface area contributed by atoms with Crippen molar-refractivity contribution in [1.29, 1.82) is 0 Å². The van der Waals surface area contributed by atoms with Crippen molar-refractivity contribution in [1.82, 2.24) is 19.9 Å². The topological polar surface area (TPSA) is 76.4 Å². The number of aryl methyl sites for hydroxylation is 1. The number of hydrogen-bond acceptors (Lipinski definition) is 5. The van der Waals surface area contributed by atoms with Crippen LogP contribution in [0.3, 0.4) is 0 Å². The molecule has 0 spiro atoms. The van der Waals surface area contributed by atoms with E-state index in [9.17, 15) is 4.79 Å². The fraction of sp³-hybridized carbons (Fsp3) is 0.238.